The number of benzene rings is 1. The van der Waals surface area contributed by atoms with Gasteiger partial charge in [-0.05, 0) is 48.6 Å². The first kappa shape index (κ1) is 22.9. The van der Waals surface area contributed by atoms with Gasteiger partial charge in [-0.15, -0.1) is 0 Å². The first-order chi connectivity index (χ1) is 18.5. The lowest BCUT2D eigenvalue weighted by atomic mass is 10.0. The van der Waals surface area contributed by atoms with Gasteiger partial charge in [0.2, 0.25) is 5.95 Å². The second-order valence-electron chi connectivity index (χ2n) is 10.3. The van der Waals surface area contributed by atoms with Gasteiger partial charge in [0.25, 0.3) is 0 Å². The third-order valence-electron chi connectivity index (χ3n) is 7.50. The highest BCUT2D eigenvalue weighted by molar-refractivity contribution is 5.78. The van der Waals surface area contributed by atoms with Crippen LogP contribution >= 0.6 is 0 Å². The molecule has 2 aliphatic heterocycles. The molecule has 0 spiro atoms. The number of rotatable bonds is 7. The van der Waals surface area contributed by atoms with Crippen LogP contribution in [0.25, 0.3) is 11.1 Å². The fourth-order valence-electron chi connectivity index (χ4n) is 5.40. The van der Waals surface area contributed by atoms with E-state index in [1.165, 1.54) is 30.1 Å². The summed E-state index contributed by atoms with van der Waals surface area (Å²) < 4.78 is 20.5. The molecule has 5 heterocycles. The maximum atomic E-state index is 15.4. The molecule has 7 rings (SSSR count). The second-order valence-corrected chi connectivity index (χ2v) is 10.3. The topological polar surface area (TPSA) is 124 Å². The summed E-state index contributed by atoms with van der Waals surface area (Å²) in [4.78, 5) is 29.7. The summed E-state index contributed by atoms with van der Waals surface area (Å²) in [6.45, 7) is 4.38. The Hall–Kier alpha value is -4.25. The third kappa shape index (κ3) is 4.28. The number of aryl methyl sites for hydroxylation is 1. The standard InChI is InChI=1S/C27H27FN8O2/c1-14-9-31-26(35-24(14)32-17-4-5-23-21(8-17)34-27(37)38-23)33-18-7-20(28)25(30-11-18)36-13-16-10-29-12-19(16)22(36)6-15-2-3-15/h4-5,7-9,11,15,22,29H,2-3,6,10,12-13H2,1H3,(H,34,37)(H2,31,32,33,35). The van der Waals surface area contributed by atoms with Crippen molar-refractivity contribution in [2.24, 2.45) is 5.92 Å². The van der Waals surface area contributed by atoms with Crippen LogP contribution in [-0.4, -0.2) is 45.6 Å². The fourth-order valence-corrected chi connectivity index (χ4v) is 5.40. The van der Waals surface area contributed by atoms with E-state index >= 15 is 4.39 Å². The Morgan fingerprint density at radius 1 is 1.13 bits per heavy atom. The van der Waals surface area contributed by atoms with Crippen LogP contribution in [0.3, 0.4) is 0 Å². The number of anilines is 5. The number of oxazole rings is 1. The van der Waals surface area contributed by atoms with Gasteiger partial charge in [0.05, 0.1) is 23.4 Å². The summed E-state index contributed by atoms with van der Waals surface area (Å²) >= 11 is 0. The van der Waals surface area contributed by atoms with Crippen LogP contribution in [0.5, 0.6) is 0 Å². The molecule has 38 heavy (non-hydrogen) atoms. The lowest BCUT2D eigenvalue weighted by molar-refractivity contribution is 0.555. The van der Waals surface area contributed by atoms with E-state index in [0.717, 1.165) is 43.2 Å². The third-order valence-corrected chi connectivity index (χ3v) is 7.50. The van der Waals surface area contributed by atoms with E-state index in [9.17, 15) is 4.79 Å². The molecule has 1 saturated carbocycles. The van der Waals surface area contributed by atoms with Crippen LogP contribution in [0.4, 0.5) is 33.3 Å². The Balaban J connectivity index is 1.10. The molecule has 0 bridgehead atoms. The number of pyridine rings is 1. The van der Waals surface area contributed by atoms with Crippen molar-refractivity contribution in [3.05, 3.63) is 69.7 Å². The highest BCUT2D eigenvalue weighted by atomic mass is 19.1. The molecule has 1 aliphatic carbocycles. The van der Waals surface area contributed by atoms with Crippen molar-refractivity contribution in [2.75, 3.05) is 35.2 Å². The maximum Gasteiger partial charge on any atom is 0.417 e. The zero-order valence-electron chi connectivity index (χ0n) is 20.8. The van der Waals surface area contributed by atoms with Crippen molar-refractivity contribution in [1.29, 1.82) is 0 Å². The van der Waals surface area contributed by atoms with E-state index in [2.05, 4.69) is 40.8 Å². The van der Waals surface area contributed by atoms with Gasteiger partial charge in [0.15, 0.2) is 17.2 Å². The summed E-state index contributed by atoms with van der Waals surface area (Å²) in [6.07, 6.45) is 6.92. The molecule has 4 N–H and O–H groups in total. The Morgan fingerprint density at radius 3 is 2.87 bits per heavy atom. The van der Waals surface area contributed by atoms with Crippen LogP contribution in [0.1, 0.15) is 24.8 Å². The van der Waals surface area contributed by atoms with Gasteiger partial charge >= 0.3 is 5.76 Å². The molecule has 1 atom stereocenters. The first-order valence-electron chi connectivity index (χ1n) is 12.8. The van der Waals surface area contributed by atoms with E-state index in [1.807, 2.05) is 6.92 Å². The monoisotopic (exact) mass is 514 g/mol. The lowest BCUT2D eigenvalue weighted by Gasteiger charge is -2.29. The highest BCUT2D eigenvalue weighted by Gasteiger charge is 2.39. The number of aromatic nitrogens is 4. The minimum atomic E-state index is -0.505. The van der Waals surface area contributed by atoms with E-state index in [-0.39, 0.29) is 11.9 Å². The fraction of sp³-hybridized carbons (Fsp3) is 0.333. The number of halogens is 1. The summed E-state index contributed by atoms with van der Waals surface area (Å²) in [7, 11) is 0. The molecule has 3 aliphatic rings. The van der Waals surface area contributed by atoms with E-state index in [1.54, 1.807) is 30.6 Å². The predicted octanol–water partition coefficient (Wildman–Crippen LogP) is 4.13. The Labute approximate surface area is 217 Å². The molecule has 1 unspecified atom stereocenters. The SMILES string of the molecule is Cc1cnc(Nc2cnc(N3CC4=C(CNC4)C3CC3CC3)c(F)c2)nc1Nc1ccc2oc(=O)[nH]c2c1. The van der Waals surface area contributed by atoms with E-state index in [4.69, 9.17) is 4.42 Å². The molecule has 3 aromatic heterocycles. The van der Waals surface area contributed by atoms with Crippen molar-refractivity contribution in [1.82, 2.24) is 25.3 Å². The van der Waals surface area contributed by atoms with Crippen LogP contribution in [-0.2, 0) is 0 Å². The lowest BCUT2D eigenvalue weighted by Crippen LogP contribution is -2.37. The van der Waals surface area contributed by atoms with Gasteiger partial charge < -0.3 is 25.3 Å². The minimum absolute atomic E-state index is 0.224. The smallest absolute Gasteiger partial charge is 0.408 e. The van der Waals surface area contributed by atoms with Crippen LogP contribution in [0, 0.1) is 18.7 Å². The Kier molecular flexibility index (Phi) is 5.39. The molecule has 4 aromatic rings. The minimum Gasteiger partial charge on any atom is -0.408 e. The number of nitrogens with one attached hydrogen (secondary N) is 4. The van der Waals surface area contributed by atoms with E-state index in [0.29, 0.717) is 34.4 Å². The predicted molar refractivity (Wildman–Crippen MR) is 143 cm³/mol. The van der Waals surface area contributed by atoms with Crippen molar-refractivity contribution < 1.29 is 8.81 Å². The zero-order chi connectivity index (χ0) is 25.8. The highest BCUT2D eigenvalue weighted by Crippen LogP contribution is 2.41. The van der Waals surface area contributed by atoms with Crippen molar-refractivity contribution in [3.8, 4) is 0 Å². The van der Waals surface area contributed by atoms with Gasteiger partial charge in [-0.25, -0.2) is 19.2 Å². The second kappa shape index (κ2) is 8.95. The molecule has 0 radical (unpaired) electrons. The quantitative estimate of drug-likeness (QED) is 0.270. The molecule has 0 amide bonds. The molecule has 11 heteroatoms. The maximum absolute atomic E-state index is 15.4. The summed E-state index contributed by atoms with van der Waals surface area (Å²) in [5.41, 5.74) is 5.88. The van der Waals surface area contributed by atoms with Crippen LogP contribution in [0.15, 0.2) is 57.0 Å². The van der Waals surface area contributed by atoms with Gasteiger partial charge in [-0.3, -0.25) is 4.98 Å². The number of hydrogen-bond acceptors (Lipinski definition) is 9. The van der Waals surface area contributed by atoms with Crippen molar-refractivity contribution in [2.45, 2.75) is 32.2 Å². The van der Waals surface area contributed by atoms with Gasteiger partial charge in [0.1, 0.15) is 5.82 Å². The van der Waals surface area contributed by atoms with Gasteiger partial charge in [-0.2, -0.15) is 4.98 Å². The Bertz CT molecular complexity index is 1640. The van der Waals surface area contributed by atoms with Crippen molar-refractivity contribution in [3.63, 3.8) is 0 Å². The molecule has 0 saturated heterocycles. The molecule has 1 aromatic carbocycles. The molecule has 10 nitrogen and oxygen atoms in total. The summed E-state index contributed by atoms with van der Waals surface area (Å²) in [5.74, 6) is 1.16. The number of fused-ring (bicyclic) bond motifs is 1. The number of H-pyrrole nitrogens is 1. The molecule has 1 fully saturated rings. The Morgan fingerprint density at radius 2 is 2.03 bits per heavy atom. The number of nitrogens with zero attached hydrogens (tertiary/aromatic N) is 4. The largest absolute Gasteiger partial charge is 0.417 e. The van der Waals surface area contributed by atoms with Crippen LogP contribution < -0.4 is 26.6 Å². The average molecular weight is 515 g/mol. The number of hydrogen-bond donors (Lipinski definition) is 4. The first-order valence-corrected chi connectivity index (χ1v) is 12.8. The average Bonchev–Trinajstić information content (AvgIpc) is 3.30. The van der Waals surface area contributed by atoms with Crippen molar-refractivity contribution >= 4 is 40.1 Å². The normalized spacial score (nSPS) is 18.9. The van der Waals surface area contributed by atoms with Gasteiger partial charge in [0, 0.05) is 43.1 Å². The molecular formula is C27H27FN8O2. The van der Waals surface area contributed by atoms with Crippen LogP contribution in [0.2, 0.25) is 0 Å². The number of aromatic amines is 1. The zero-order valence-corrected chi connectivity index (χ0v) is 20.8. The van der Waals surface area contributed by atoms with Gasteiger partial charge in [-0.1, -0.05) is 12.8 Å². The van der Waals surface area contributed by atoms with E-state index < -0.39 is 5.76 Å². The molecule has 194 valence electrons. The summed E-state index contributed by atoms with van der Waals surface area (Å²) in [6, 6.07) is 6.95. The molecular weight excluding hydrogens is 487 g/mol. The summed E-state index contributed by atoms with van der Waals surface area (Å²) in [5, 5.41) is 9.76.